The van der Waals surface area contributed by atoms with Gasteiger partial charge in [-0.25, -0.2) is 0 Å². The van der Waals surface area contributed by atoms with E-state index in [9.17, 15) is 0 Å². The molecule has 0 atom stereocenters. The van der Waals surface area contributed by atoms with Crippen molar-refractivity contribution >= 4 is 0 Å². The summed E-state index contributed by atoms with van der Waals surface area (Å²) in [6.07, 6.45) is 0. The van der Waals surface area contributed by atoms with Crippen LogP contribution < -0.4 is 10.1 Å². The van der Waals surface area contributed by atoms with Gasteiger partial charge in [0.15, 0.2) is 0 Å². The van der Waals surface area contributed by atoms with Gasteiger partial charge in [0, 0.05) is 17.7 Å². The lowest BCUT2D eigenvalue weighted by Crippen LogP contribution is -2.08. The number of rotatable bonds is 5. The minimum absolute atomic E-state index is 0.406. The highest BCUT2D eigenvalue weighted by molar-refractivity contribution is 5.39. The molecule has 0 spiro atoms. The Bertz CT molecular complexity index is 629. The predicted molar refractivity (Wildman–Crippen MR) is 79.4 cm³/mol. The number of nitriles is 1. The van der Waals surface area contributed by atoms with Gasteiger partial charge >= 0.3 is 0 Å². The third kappa shape index (κ3) is 3.37. The number of ether oxygens (including phenoxy) is 1. The molecule has 102 valence electrons. The Morgan fingerprint density at radius 1 is 1.15 bits per heavy atom. The van der Waals surface area contributed by atoms with Gasteiger partial charge in [0.25, 0.3) is 0 Å². The lowest BCUT2D eigenvalue weighted by molar-refractivity contribution is 0.302. The molecule has 0 amide bonds. The van der Waals surface area contributed by atoms with Crippen LogP contribution in [0.4, 0.5) is 0 Å². The second-order valence-electron chi connectivity index (χ2n) is 4.70. The number of nitrogens with zero attached hydrogens (tertiary/aromatic N) is 1. The highest BCUT2D eigenvalue weighted by Gasteiger charge is 2.06. The minimum Gasteiger partial charge on any atom is -0.489 e. The molecule has 1 N–H and O–H groups in total. The second-order valence-corrected chi connectivity index (χ2v) is 4.70. The summed E-state index contributed by atoms with van der Waals surface area (Å²) in [6, 6.07) is 15.8. The van der Waals surface area contributed by atoms with E-state index in [-0.39, 0.29) is 0 Å². The van der Waals surface area contributed by atoms with E-state index >= 15 is 0 Å². The zero-order valence-corrected chi connectivity index (χ0v) is 11.8. The fraction of sp³-hybridized carbons (Fsp3) is 0.235. The van der Waals surface area contributed by atoms with E-state index in [1.165, 1.54) is 5.56 Å². The molecule has 0 aliphatic heterocycles. The summed E-state index contributed by atoms with van der Waals surface area (Å²) < 4.78 is 5.88. The van der Waals surface area contributed by atoms with Gasteiger partial charge < -0.3 is 10.1 Å². The van der Waals surface area contributed by atoms with Crippen LogP contribution in [0.25, 0.3) is 0 Å². The summed E-state index contributed by atoms with van der Waals surface area (Å²) in [5.41, 5.74) is 3.91. The average molecular weight is 266 g/mol. The lowest BCUT2D eigenvalue weighted by Gasteiger charge is -2.13. The molecule has 3 nitrogen and oxygen atoms in total. The summed E-state index contributed by atoms with van der Waals surface area (Å²) in [5.74, 6) is 0.859. The van der Waals surface area contributed by atoms with Gasteiger partial charge in [0.05, 0.1) is 11.6 Å². The van der Waals surface area contributed by atoms with Crippen molar-refractivity contribution in [3.8, 4) is 11.8 Å². The fourth-order valence-corrected chi connectivity index (χ4v) is 2.09. The molecule has 2 aromatic carbocycles. The number of nitrogens with one attached hydrogen (secondary N) is 1. The fourth-order valence-electron chi connectivity index (χ4n) is 2.09. The van der Waals surface area contributed by atoms with Crippen molar-refractivity contribution < 1.29 is 4.74 Å². The van der Waals surface area contributed by atoms with E-state index in [4.69, 9.17) is 10.00 Å². The van der Waals surface area contributed by atoms with Crippen molar-refractivity contribution in [1.82, 2.24) is 5.32 Å². The Morgan fingerprint density at radius 3 is 2.70 bits per heavy atom. The second kappa shape index (κ2) is 6.74. The van der Waals surface area contributed by atoms with Gasteiger partial charge in [-0.1, -0.05) is 35.9 Å². The molecule has 0 unspecified atom stereocenters. The first-order valence-electron chi connectivity index (χ1n) is 6.59. The maximum atomic E-state index is 9.08. The van der Waals surface area contributed by atoms with Crippen LogP contribution >= 0.6 is 0 Å². The van der Waals surface area contributed by atoms with Crippen molar-refractivity contribution in [2.75, 3.05) is 7.05 Å². The largest absolute Gasteiger partial charge is 0.489 e. The zero-order chi connectivity index (χ0) is 14.4. The Balaban J connectivity index is 2.17. The molecule has 0 aromatic heterocycles. The lowest BCUT2D eigenvalue weighted by atomic mass is 10.1. The summed E-state index contributed by atoms with van der Waals surface area (Å²) in [7, 11) is 1.91. The standard InChI is InChI=1S/C17H18N2O/c1-13-7-8-17(16(9-13)11-19-2)20-12-15-6-4-3-5-14(15)10-18/h3-9,19H,11-12H2,1-2H3. The Kier molecular flexibility index (Phi) is 4.75. The van der Waals surface area contributed by atoms with Crippen LogP contribution in [0.2, 0.25) is 0 Å². The van der Waals surface area contributed by atoms with Crippen LogP contribution in [-0.4, -0.2) is 7.05 Å². The summed E-state index contributed by atoms with van der Waals surface area (Å²) in [6.45, 7) is 3.23. The quantitative estimate of drug-likeness (QED) is 0.904. The first-order valence-corrected chi connectivity index (χ1v) is 6.59. The molecule has 0 aliphatic carbocycles. The smallest absolute Gasteiger partial charge is 0.124 e. The minimum atomic E-state index is 0.406. The molecule has 0 bridgehead atoms. The average Bonchev–Trinajstić information content (AvgIpc) is 2.47. The highest BCUT2D eigenvalue weighted by Crippen LogP contribution is 2.21. The molecule has 0 aliphatic rings. The number of hydrogen-bond acceptors (Lipinski definition) is 3. The van der Waals surface area contributed by atoms with Crippen molar-refractivity contribution in [1.29, 1.82) is 5.26 Å². The number of aryl methyl sites for hydroxylation is 1. The molecule has 0 fully saturated rings. The van der Waals surface area contributed by atoms with Crippen molar-refractivity contribution in [2.24, 2.45) is 0 Å². The van der Waals surface area contributed by atoms with Crippen LogP contribution in [0, 0.1) is 18.3 Å². The van der Waals surface area contributed by atoms with Gasteiger partial charge in [0.1, 0.15) is 12.4 Å². The van der Waals surface area contributed by atoms with Crippen LogP contribution in [0.3, 0.4) is 0 Å². The maximum absolute atomic E-state index is 9.08. The van der Waals surface area contributed by atoms with E-state index < -0.39 is 0 Å². The normalized spacial score (nSPS) is 10.1. The number of hydrogen-bond donors (Lipinski definition) is 1. The molecule has 3 heteroatoms. The van der Waals surface area contributed by atoms with E-state index in [0.717, 1.165) is 23.4 Å². The van der Waals surface area contributed by atoms with Crippen LogP contribution in [0.5, 0.6) is 5.75 Å². The molecule has 0 saturated heterocycles. The van der Waals surface area contributed by atoms with E-state index in [0.29, 0.717) is 12.2 Å². The molecule has 2 aromatic rings. The Hall–Kier alpha value is -2.31. The van der Waals surface area contributed by atoms with E-state index in [1.807, 2.05) is 43.4 Å². The molecule has 0 radical (unpaired) electrons. The molecule has 0 heterocycles. The first kappa shape index (κ1) is 14.1. The van der Waals surface area contributed by atoms with Crippen LogP contribution in [-0.2, 0) is 13.2 Å². The third-order valence-corrected chi connectivity index (χ3v) is 3.10. The topological polar surface area (TPSA) is 45.0 Å². The van der Waals surface area contributed by atoms with Crippen molar-refractivity contribution in [2.45, 2.75) is 20.1 Å². The number of benzene rings is 2. The van der Waals surface area contributed by atoms with E-state index in [2.05, 4.69) is 24.4 Å². The third-order valence-electron chi connectivity index (χ3n) is 3.10. The molecular formula is C17H18N2O. The van der Waals surface area contributed by atoms with Gasteiger partial charge in [-0.05, 0) is 26.1 Å². The SMILES string of the molecule is CNCc1cc(C)ccc1OCc1ccccc1C#N. The Morgan fingerprint density at radius 2 is 1.95 bits per heavy atom. The first-order chi connectivity index (χ1) is 9.74. The van der Waals surface area contributed by atoms with Gasteiger partial charge in [-0.3, -0.25) is 0 Å². The van der Waals surface area contributed by atoms with Crippen molar-refractivity contribution in [3.05, 3.63) is 64.7 Å². The van der Waals surface area contributed by atoms with Gasteiger partial charge in [-0.15, -0.1) is 0 Å². The predicted octanol–water partition coefficient (Wildman–Crippen LogP) is 3.17. The van der Waals surface area contributed by atoms with Crippen LogP contribution in [0.1, 0.15) is 22.3 Å². The summed E-state index contributed by atoms with van der Waals surface area (Å²) in [5, 5.41) is 12.2. The highest BCUT2D eigenvalue weighted by atomic mass is 16.5. The molecule has 20 heavy (non-hydrogen) atoms. The molecule has 2 rings (SSSR count). The van der Waals surface area contributed by atoms with E-state index in [1.54, 1.807) is 0 Å². The molecular weight excluding hydrogens is 248 g/mol. The Labute approximate surface area is 119 Å². The summed E-state index contributed by atoms with van der Waals surface area (Å²) in [4.78, 5) is 0. The van der Waals surface area contributed by atoms with Crippen molar-refractivity contribution in [3.63, 3.8) is 0 Å². The van der Waals surface area contributed by atoms with Gasteiger partial charge in [0.2, 0.25) is 0 Å². The van der Waals surface area contributed by atoms with Gasteiger partial charge in [-0.2, -0.15) is 5.26 Å². The molecule has 0 saturated carbocycles. The zero-order valence-electron chi connectivity index (χ0n) is 11.8. The van der Waals surface area contributed by atoms with Crippen LogP contribution in [0.15, 0.2) is 42.5 Å². The monoisotopic (exact) mass is 266 g/mol. The maximum Gasteiger partial charge on any atom is 0.124 e. The summed E-state index contributed by atoms with van der Waals surface area (Å²) >= 11 is 0.